The van der Waals surface area contributed by atoms with Gasteiger partial charge in [0.25, 0.3) is 0 Å². The Labute approximate surface area is 113 Å². The summed E-state index contributed by atoms with van der Waals surface area (Å²) in [4.78, 5) is 11.6. The Bertz CT molecular complexity index is 533. The highest BCUT2D eigenvalue weighted by Gasteiger charge is 2.14. The predicted molar refractivity (Wildman–Crippen MR) is 72.6 cm³/mol. The van der Waals surface area contributed by atoms with Crippen LogP contribution >= 0.6 is 0 Å². The standard InChI is InChI=1S/C15H17NO3/c1-15(2,3)19-14(17)8-7-12-6-5-11(10-16)9-13(12)18-4/h5-9H,1-4H3. The lowest BCUT2D eigenvalue weighted by atomic mass is 10.1. The van der Waals surface area contributed by atoms with Crippen molar-refractivity contribution in [3.05, 3.63) is 35.4 Å². The third-order valence-corrected chi connectivity index (χ3v) is 2.17. The normalized spacial score (nSPS) is 11.1. The van der Waals surface area contributed by atoms with Crippen molar-refractivity contribution in [1.29, 1.82) is 5.26 Å². The number of esters is 1. The maximum atomic E-state index is 11.6. The number of ether oxygens (including phenoxy) is 2. The van der Waals surface area contributed by atoms with Crippen LogP contribution in [0.3, 0.4) is 0 Å². The summed E-state index contributed by atoms with van der Waals surface area (Å²) in [6.45, 7) is 5.42. The maximum Gasteiger partial charge on any atom is 0.331 e. The minimum atomic E-state index is -0.518. The van der Waals surface area contributed by atoms with Gasteiger partial charge in [-0.2, -0.15) is 5.26 Å². The lowest BCUT2D eigenvalue weighted by Crippen LogP contribution is -2.22. The predicted octanol–water partition coefficient (Wildman–Crippen LogP) is 2.92. The highest BCUT2D eigenvalue weighted by Crippen LogP contribution is 2.21. The maximum absolute atomic E-state index is 11.6. The molecule has 0 spiro atoms. The number of carbonyl (C=O) groups excluding carboxylic acids is 1. The highest BCUT2D eigenvalue weighted by molar-refractivity contribution is 5.87. The second-order valence-corrected chi connectivity index (χ2v) is 4.94. The SMILES string of the molecule is COc1cc(C#N)ccc1C=CC(=O)OC(C)(C)C. The molecule has 19 heavy (non-hydrogen) atoms. The van der Waals surface area contributed by atoms with E-state index >= 15 is 0 Å². The first-order chi connectivity index (χ1) is 8.85. The third-order valence-electron chi connectivity index (χ3n) is 2.17. The van der Waals surface area contributed by atoms with E-state index in [1.807, 2.05) is 6.07 Å². The van der Waals surface area contributed by atoms with E-state index in [9.17, 15) is 4.79 Å². The van der Waals surface area contributed by atoms with E-state index in [4.69, 9.17) is 14.7 Å². The van der Waals surface area contributed by atoms with Gasteiger partial charge in [0.15, 0.2) is 0 Å². The summed E-state index contributed by atoms with van der Waals surface area (Å²) in [5.74, 6) is 0.123. The molecule has 1 aromatic carbocycles. The fourth-order valence-corrected chi connectivity index (χ4v) is 1.41. The topological polar surface area (TPSA) is 59.3 Å². The Morgan fingerprint density at radius 2 is 2.05 bits per heavy atom. The summed E-state index contributed by atoms with van der Waals surface area (Å²) in [6, 6.07) is 7.03. The van der Waals surface area contributed by atoms with Gasteiger partial charge in [-0.25, -0.2) is 4.79 Å². The van der Waals surface area contributed by atoms with Crippen LogP contribution in [0.25, 0.3) is 6.08 Å². The average Bonchev–Trinajstić information content (AvgIpc) is 2.34. The van der Waals surface area contributed by atoms with Crippen molar-refractivity contribution in [3.63, 3.8) is 0 Å². The van der Waals surface area contributed by atoms with Crippen LogP contribution in [0.4, 0.5) is 0 Å². The number of benzene rings is 1. The number of hydrogen-bond acceptors (Lipinski definition) is 4. The Morgan fingerprint density at radius 3 is 2.58 bits per heavy atom. The molecule has 0 aliphatic rings. The molecular formula is C15H17NO3. The van der Waals surface area contributed by atoms with E-state index in [1.165, 1.54) is 13.2 Å². The van der Waals surface area contributed by atoms with Gasteiger partial charge in [0.05, 0.1) is 18.7 Å². The fraction of sp³-hybridized carbons (Fsp3) is 0.333. The molecule has 0 aliphatic heterocycles. The molecule has 0 radical (unpaired) electrons. The summed E-state index contributed by atoms with van der Waals surface area (Å²) in [5.41, 5.74) is 0.703. The van der Waals surface area contributed by atoms with Gasteiger partial charge in [-0.3, -0.25) is 0 Å². The molecule has 0 saturated heterocycles. The Hall–Kier alpha value is -2.28. The summed E-state index contributed by atoms with van der Waals surface area (Å²) in [5, 5.41) is 8.80. The van der Waals surface area contributed by atoms with E-state index in [-0.39, 0.29) is 0 Å². The van der Waals surface area contributed by atoms with Crippen LogP contribution in [-0.2, 0) is 9.53 Å². The van der Waals surface area contributed by atoms with Gasteiger partial charge in [0.2, 0.25) is 0 Å². The van der Waals surface area contributed by atoms with E-state index in [2.05, 4.69) is 0 Å². The van der Waals surface area contributed by atoms with Gasteiger partial charge in [-0.15, -0.1) is 0 Å². The Balaban J connectivity index is 2.88. The highest BCUT2D eigenvalue weighted by atomic mass is 16.6. The first kappa shape index (κ1) is 14.8. The summed E-state index contributed by atoms with van der Waals surface area (Å²) < 4.78 is 10.3. The van der Waals surface area contributed by atoms with E-state index in [0.29, 0.717) is 16.9 Å². The number of methoxy groups -OCH3 is 1. The van der Waals surface area contributed by atoms with Crippen LogP contribution in [0, 0.1) is 11.3 Å². The van der Waals surface area contributed by atoms with E-state index in [0.717, 1.165) is 0 Å². The van der Waals surface area contributed by atoms with Crippen LogP contribution in [0.1, 0.15) is 31.9 Å². The van der Waals surface area contributed by atoms with Crippen LogP contribution in [0.5, 0.6) is 5.75 Å². The van der Waals surface area contributed by atoms with Crippen molar-refractivity contribution in [3.8, 4) is 11.8 Å². The van der Waals surface area contributed by atoms with Crippen molar-refractivity contribution in [2.75, 3.05) is 7.11 Å². The number of rotatable bonds is 3. The van der Waals surface area contributed by atoms with Crippen LogP contribution in [0.15, 0.2) is 24.3 Å². The molecule has 0 heterocycles. The number of hydrogen-bond donors (Lipinski definition) is 0. The minimum absolute atomic E-state index is 0.418. The van der Waals surface area contributed by atoms with Gasteiger partial charge in [-0.05, 0) is 45.0 Å². The largest absolute Gasteiger partial charge is 0.496 e. The zero-order chi connectivity index (χ0) is 14.5. The molecule has 0 fully saturated rings. The molecule has 1 rings (SSSR count). The van der Waals surface area contributed by atoms with Crippen LogP contribution in [-0.4, -0.2) is 18.7 Å². The smallest absolute Gasteiger partial charge is 0.331 e. The summed E-state index contributed by atoms with van der Waals surface area (Å²) >= 11 is 0. The zero-order valence-electron chi connectivity index (χ0n) is 11.6. The Morgan fingerprint density at radius 1 is 1.37 bits per heavy atom. The van der Waals surface area contributed by atoms with Crippen LogP contribution in [0.2, 0.25) is 0 Å². The quantitative estimate of drug-likeness (QED) is 0.618. The molecule has 0 saturated carbocycles. The molecule has 1 aromatic rings. The molecule has 0 amide bonds. The lowest BCUT2D eigenvalue weighted by molar-refractivity contribution is -0.148. The van der Waals surface area contributed by atoms with Gasteiger partial charge >= 0.3 is 5.97 Å². The minimum Gasteiger partial charge on any atom is -0.496 e. The molecule has 4 nitrogen and oxygen atoms in total. The first-order valence-corrected chi connectivity index (χ1v) is 5.85. The average molecular weight is 259 g/mol. The molecular weight excluding hydrogens is 242 g/mol. The van der Waals surface area contributed by atoms with Gasteiger partial charge < -0.3 is 9.47 Å². The van der Waals surface area contributed by atoms with Crippen LogP contribution < -0.4 is 4.74 Å². The summed E-state index contributed by atoms with van der Waals surface area (Å²) in [7, 11) is 1.52. The van der Waals surface area contributed by atoms with Gasteiger partial charge in [-0.1, -0.05) is 0 Å². The third kappa shape index (κ3) is 4.84. The fourth-order valence-electron chi connectivity index (χ4n) is 1.41. The molecule has 4 heteroatoms. The molecule has 100 valence electrons. The number of carbonyl (C=O) groups is 1. The molecule has 0 bridgehead atoms. The second-order valence-electron chi connectivity index (χ2n) is 4.94. The monoisotopic (exact) mass is 259 g/mol. The lowest BCUT2D eigenvalue weighted by Gasteiger charge is -2.17. The van der Waals surface area contributed by atoms with Crippen molar-refractivity contribution in [2.45, 2.75) is 26.4 Å². The first-order valence-electron chi connectivity index (χ1n) is 5.85. The van der Waals surface area contributed by atoms with Gasteiger partial charge in [0.1, 0.15) is 11.4 Å². The van der Waals surface area contributed by atoms with Crippen molar-refractivity contribution >= 4 is 12.0 Å². The molecule has 0 atom stereocenters. The number of nitrogens with zero attached hydrogens (tertiary/aromatic N) is 1. The molecule has 0 aromatic heterocycles. The Kier molecular flexibility index (Phi) is 4.71. The number of nitriles is 1. The second kappa shape index (κ2) is 6.05. The van der Waals surface area contributed by atoms with Crippen molar-refractivity contribution in [2.24, 2.45) is 0 Å². The van der Waals surface area contributed by atoms with Crippen molar-refractivity contribution in [1.82, 2.24) is 0 Å². The zero-order valence-corrected chi connectivity index (χ0v) is 11.6. The van der Waals surface area contributed by atoms with E-state index < -0.39 is 11.6 Å². The van der Waals surface area contributed by atoms with Crippen molar-refractivity contribution < 1.29 is 14.3 Å². The van der Waals surface area contributed by atoms with E-state index in [1.54, 1.807) is 45.0 Å². The molecule has 0 aliphatic carbocycles. The van der Waals surface area contributed by atoms with Gasteiger partial charge in [0, 0.05) is 11.6 Å². The molecule has 0 N–H and O–H groups in total. The summed E-state index contributed by atoms with van der Waals surface area (Å²) in [6.07, 6.45) is 2.95. The molecule has 0 unspecified atom stereocenters.